The SMILES string of the molecule is Cc1cc2c(cn1)c(N)nn2-c1ccnc(Cl)n1. The van der Waals surface area contributed by atoms with E-state index in [1.165, 1.54) is 0 Å². The minimum absolute atomic E-state index is 0.167. The molecule has 0 bridgehead atoms. The Labute approximate surface area is 107 Å². The van der Waals surface area contributed by atoms with Gasteiger partial charge in [-0.2, -0.15) is 4.98 Å². The Morgan fingerprint density at radius 2 is 2.17 bits per heavy atom. The Morgan fingerprint density at radius 3 is 2.94 bits per heavy atom. The Bertz CT molecular complexity index is 735. The van der Waals surface area contributed by atoms with Gasteiger partial charge in [0, 0.05) is 24.2 Å². The highest BCUT2D eigenvalue weighted by Gasteiger charge is 2.11. The molecule has 0 aliphatic heterocycles. The van der Waals surface area contributed by atoms with E-state index >= 15 is 0 Å². The molecule has 90 valence electrons. The molecule has 0 atom stereocenters. The number of hydrogen-bond acceptors (Lipinski definition) is 5. The van der Waals surface area contributed by atoms with Gasteiger partial charge in [-0.15, -0.1) is 5.10 Å². The molecule has 0 saturated heterocycles. The van der Waals surface area contributed by atoms with Crippen LogP contribution in [0, 0.1) is 6.92 Å². The number of nitrogens with two attached hydrogens (primary N) is 1. The summed E-state index contributed by atoms with van der Waals surface area (Å²) >= 11 is 5.78. The molecule has 7 heteroatoms. The van der Waals surface area contributed by atoms with Crippen LogP contribution < -0.4 is 5.73 Å². The largest absolute Gasteiger partial charge is 0.382 e. The molecule has 2 N–H and O–H groups in total. The minimum Gasteiger partial charge on any atom is -0.382 e. The van der Waals surface area contributed by atoms with Crippen molar-refractivity contribution in [1.29, 1.82) is 0 Å². The number of pyridine rings is 1. The van der Waals surface area contributed by atoms with E-state index in [2.05, 4.69) is 20.1 Å². The number of hydrogen-bond donors (Lipinski definition) is 1. The Balaban J connectivity index is 2.32. The summed E-state index contributed by atoms with van der Waals surface area (Å²) in [6.07, 6.45) is 3.27. The molecular weight excluding hydrogens is 252 g/mol. The molecule has 0 aliphatic carbocycles. The fourth-order valence-electron chi connectivity index (χ4n) is 1.75. The summed E-state index contributed by atoms with van der Waals surface area (Å²) in [6, 6.07) is 3.61. The highest BCUT2D eigenvalue weighted by atomic mass is 35.5. The van der Waals surface area contributed by atoms with Crippen LogP contribution in [0.5, 0.6) is 0 Å². The van der Waals surface area contributed by atoms with Crippen LogP contribution in [0.25, 0.3) is 16.7 Å². The zero-order valence-electron chi connectivity index (χ0n) is 9.50. The second-order valence-corrected chi connectivity index (χ2v) is 4.16. The highest BCUT2D eigenvalue weighted by molar-refractivity contribution is 6.28. The van der Waals surface area contributed by atoms with Crippen LogP contribution in [0.4, 0.5) is 5.82 Å². The maximum Gasteiger partial charge on any atom is 0.224 e. The van der Waals surface area contributed by atoms with Crippen LogP contribution in [0.15, 0.2) is 24.5 Å². The van der Waals surface area contributed by atoms with Crippen LogP contribution >= 0.6 is 11.6 Å². The number of anilines is 1. The van der Waals surface area contributed by atoms with Crippen LogP contribution in [0.1, 0.15) is 5.69 Å². The van der Waals surface area contributed by atoms with Gasteiger partial charge in [0.25, 0.3) is 0 Å². The average Bonchev–Trinajstić information content (AvgIpc) is 2.66. The van der Waals surface area contributed by atoms with E-state index in [9.17, 15) is 0 Å². The van der Waals surface area contributed by atoms with Crippen molar-refractivity contribution < 1.29 is 0 Å². The molecular formula is C11H9ClN6. The number of rotatable bonds is 1. The van der Waals surface area contributed by atoms with Crippen molar-refractivity contribution in [3.63, 3.8) is 0 Å². The summed E-state index contributed by atoms with van der Waals surface area (Å²) < 4.78 is 1.63. The van der Waals surface area contributed by atoms with Gasteiger partial charge in [-0.1, -0.05) is 0 Å². The van der Waals surface area contributed by atoms with E-state index < -0.39 is 0 Å². The summed E-state index contributed by atoms with van der Waals surface area (Å²) in [7, 11) is 0. The number of nitrogens with zero attached hydrogens (tertiary/aromatic N) is 5. The van der Waals surface area contributed by atoms with Crippen molar-refractivity contribution in [1.82, 2.24) is 24.7 Å². The van der Waals surface area contributed by atoms with Crippen LogP contribution in [0.3, 0.4) is 0 Å². The molecule has 0 saturated carbocycles. The fourth-order valence-corrected chi connectivity index (χ4v) is 1.90. The van der Waals surface area contributed by atoms with E-state index in [0.717, 1.165) is 16.6 Å². The van der Waals surface area contributed by atoms with Crippen molar-refractivity contribution in [2.24, 2.45) is 0 Å². The molecule has 0 amide bonds. The van der Waals surface area contributed by atoms with Gasteiger partial charge in [0.05, 0.1) is 10.9 Å². The monoisotopic (exact) mass is 260 g/mol. The van der Waals surface area contributed by atoms with Crippen molar-refractivity contribution >= 4 is 28.3 Å². The predicted octanol–water partition coefficient (Wildman–Crippen LogP) is 1.75. The molecule has 0 fully saturated rings. The topological polar surface area (TPSA) is 82.5 Å². The van der Waals surface area contributed by atoms with Gasteiger partial charge in [0.2, 0.25) is 5.28 Å². The van der Waals surface area contributed by atoms with Crippen LogP contribution in [-0.4, -0.2) is 24.7 Å². The summed E-state index contributed by atoms with van der Waals surface area (Å²) in [5, 5.41) is 5.20. The van der Waals surface area contributed by atoms with Crippen molar-refractivity contribution in [2.75, 3.05) is 5.73 Å². The number of halogens is 1. The maximum atomic E-state index is 5.85. The normalized spacial score (nSPS) is 11.0. The first-order chi connectivity index (χ1) is 8.65. The van der Waals surface area contributed by atoms with E-state index in [1.807, 2.05) is 13.0 Å². The summed E-state index contributed by atoms with van der Waals surface area (Å²) in [6.45, 7) is 1.90. The summed E-state index contributed by atoms with van der Waals surface area (Å²) in [5.74, 6) is 0.981. The quantitative estimate of drug-likeness (QED) is 0.674. The lowest BCUT2D eigenvalue weighted by atomic mass is 10.3. The lowest BCUT2D eigenvalue weighted by Crippen LogP contribution is -2.01. The van der Waals surface area contributed by atoms with Gasteiger partial charge >= 0.3 is 0 Å². The molecule has 0 unspecified atom stereocenters. The van der Waals surface area contributed by atoms with E-state index in [1.54, 1.807) is 23.1 Å². The maximum absolute atomic E-state index is 5.85. The third-order valence-corrected chi connectivity index (χ3v) is 2.74. The van der Waals surface area contributed by atoms with Crippen molar-refractivity contribution in [3.05, 3.63) is 35.5 Å². The molecule has 3 rings (SSSR count). The van der Waals surface area contributed by atoms with Gasteiger partial charge in [-0.25, -0.2) is 9.67 Å². The second-order valence-electron chi connectivity index (χ2n) is 3.82. The minimum atomic E-state index is 0.167. The third kappa shape index (κ3) is 1.67. The fraction of sp³-hybridized carbons (Fsp3) is 0.0909. The second kappa shape index (κ2) is 3.92. The van der Waals surface area contributed by atoms with Crippen LogP contribution in [0.2, 0.25) is 5.28 Å². The number of aryl methyl sites for hydroxylation is 1. The summed E-state index contributed by atoms with van der Waals surface area (Å²) in [5.41, 5.74) is 7.58. The first-order valence-electron chi connectivity index (χ1n) is 5.25. The molecule has 3 aromatic rings. The molecule has 0 aliphatic rings. The Kier molecular flexibility index (Phi) is 2.38. The molecule has 0 spiro atoms. The molecule has 6 nitrogen and oxygen atoms in total. The predicted molar refractivity (Wildman–Crippen MR) is 68.6 cm³/mol. The Hall–Kier alpha value is -2.21. The van der Waals surface area contributed by atoms with E-state index in [0.29, 0.717) is 11.6 Å². The van der Waals surface area contributed by atoms with Gasteiger partial charge in [0.1, 0.15) is 0 Å². The summed E-state index contributed by atoms with van der Waals surface area (Å²) in [4.78, 5) is 12.2. The Morgan fingerprint density at radius 1 is 1.33 bits per heavy atom. The molecule has 3 aromatic heterocycles. The zero-order valence-corrected chi connectivity index (χ0v) is 10.3. The van der Waals surface area contributed by atoms with E-state index in [-0.39, 0.29) is 5.28 Å². The van der Waals surface area contributed by atoms with Gasteiger partial charge < -0.3 is 5.73 Å². The van der Waals surface area contributed by atoms with Gasteiger partial charge in [0.15, 0.2) is 11.6 Å². The van der Waals surface area contributed by atoms with Crippen LogP contribution in [-0.2, 0) is 0 Å². The number of nitrogen functional groups attached to an aromatic ring is 1. The van der Waals surface area contributed by atoms with E-state index in [4.69, 9.17) is 17.3 Å². The first kappa shape index (κ1) is 10.9. The van der Waals surface area contributed by atoms with Crippen molar-refractivity contribution in [3.8, 4) is 5.82 Å². The lowest BCUT2D eigenvalue weighted by Gasteiger charge is -2.02. The molecule has 0 radical (unpaired) electrons. The smallest absolute Gasteiger partial charge is 0.224 e. The third-order valence-electron chi connectivity index (χ3n) is 2.56. The molecule has 0 aromatic carbocycles. The first-order valence-corrected chi connectivity index (χ1v) is 5.63. The standard InChI is InChI=1S/C11H9ClN6/c1-6-4-8-7(5-15-6)10(13)17-18(8)9-2-3-14-11(12)16-9/h2-5H,1H3,(H2,13,17). The van der Waals surface area contributed by atoms with Crippen molar-refractivity contribution in [2.45, 2.75) is 6.92 Å². The number of fused-ring (bicyclic) bond motifs is 1. The number of aromatic nitrogens is 5. The molecule has 18 heavy (non-hydrogen) atoms. The highest BCUT2D eigenvalue weighted by Crippen LogP contribution is 2.22. The zero-order chi connectivity index (χ0) is 12.7. The van der Waals surface area contributed by atoms with Gasteiger partial charge in [-0.3, -0.25) is 4.98 Å². The molecule has 3 heterocycles. The van der Waals surface area contributed by atoms with Gasteiger partial charge in [-0.05, 0) is 24.6 Å². The lowest BCUT2D eigenvalue weighted by molar-refractivity contribution is 0.870. The average molecular weight is 261 g/mol.